The lowest BCUT2D eigenvalue weighted by Gasteiger charge is -2.30. The predicted molar refractivity (Wildman–Crippen MR) is 144 cm³/mol. The summed E-state index contributed by atoms with van der Waals surface area (Å²) < 4.78 is 14.0. The van der Waals surface area contributed by atoms with Crippen LogP contribution in [-0.4, -0.2) is 76.3 Å². The van der Waals surface area contributed by atoms with Crippen molar-refractivity contribution in [2.24, 2.45) is 10.7 Å². The first-order valence-corrected chi connectivity index (χ1v) is 14.2. The lowest BCUT2D eigenvalue weighted by Crippen LogP contribution is -2.47. The summed E-state index contributed by atoms with van der Waals surface area (Å²) in [7, 11) is 0. The summed E-state index contributed by atoms with van der Waals surface area (Å²) in [6, 6.07) is 1.06. The highest BCUT2D eigenvalue weighted by Gasteiger charge is 2.32. The van der Waals surface area contributed by atoms with Gasteiger partial charge in [-0.25, -0.2) is 9.37 Å². The van der Waals surface area contributed by atoms with Gasteiger partial charge in [0.05, 0.1) is 18.3 Å². The van der Waals surface area contributed by atoms with Crippen molar-refractivity contribution in [2.75, 3.05) is 29.9 Å². The zero-order chi connectivity index (χ0) is 25.8. The molecule has 1 atom stereocenters. The topological polar surface area (TPSA) is 125 Å². The Labute approximate surface area is 220 Å². The van der Waals surface area contributed by atoms with Gasteiger partial charge in [-0.3, -0.25) is 14.6 Å². The number of nitrogens with one attached hydrogen (secondary N) is 3. The molecule has 4 aliphatic rings. The number of carbonyl (C=O) groups excluding carboxylic acids is 2. The van der Waals surface area contributed by atoms with Crippen LogP contribution in [0.4, 0.5) is 10.2 Å². The average molecular weight is 528 g/mol. The molecule has 2 fully saturated rings. The van der Waals surface area contributed by atoms with E-state index in [2.05, 4.69) is 25.9 Å². The summed E-state index contributed by atoms with van der Waals surface area (Å²) in [5, 5.41) is 9.54. The predicted octanol–water partition coefficient (Wildman–Crippen LogP) is 2.18. The number of amidine groups is 1. The van der Waals surface area contributed by atoms with E-state index in [1.165, 1.54) is 6.07 Å². The number of fused-ring (bicyclic) bond motifs is 1. The molecule has 0 bridgehead atoms. The van der Waals surface area contributed by atoms with Crippen LogP contribution in [0.15, 0.2) is 41.2 Å². The van der Waals surface area contributed by atoms with Crippen molar-refractivity contribution >= 4 is 35.2 Å². The minimum absolute atomic E-state index is 0.0338. The molecule has 5 N–H and O–H groups in total. The smallest absolute Gasteiger partial charge is 0.255 e. The number of carbonyl (C=O) groups is 2. The third-order valence-corrected chi connectivity index (χ3v) is 8.38. The van der Waals surface area contributed by atoms with Gasteiger partial charge in [0.25, 0.3) is 5.91 Å². The molecule has 1 aromatic rings. The first-order chi connectivity index (χ1) is 18.0. The molecule has 198 valence electrons. The second-order valence-corrected chi connectivity index (χ2v) is 11.2. The summed E-state index contributed by atoms with van der Waals surface area (Å²) in [4.78, 5) is 36.6. The highest BCUT2D eigenvalue weighted by atomic mass is 32.2. The molecule has 1 unspecified atom stereocenters. The van der Waals surface area contributed by atoms with Crippen molar-refractivity contribution in [1.29, 1.82) is 0 Å². The number of hydrogen-bond donors (Lipinski definition) is 4. The molecule has 0 aromatic carbocycles. The third-order valence-electron chi connectivity index (χ3n) is 7.33. The molecule has 2 amide bonds. The molecule has 1 saturated carbocycles. The van der Waals surface area contributed by atoms with Gasteiger partial charge in [0.1, 0.15) is 23.5 Å². The normalized spacial score (nSPS) is 25.7. The molecule has 37 heavy (non-hydrogen) atoms. The number of thioether (sulfide) groups is 1. The van der Waals surface area contributed by atoms with Crippen LogP contribution in [0.25, 0.3) is 0 Å². The van der Waals surface area contributed by atoms with Crippen LogP contribution >= 0.6 is 11.8 Å². The number of halogens is 1. The van der Waals surface area contributed by atoms with E-state index in [0.717, 1.165) is 67.6 Å². The number of pyridine rings is 1. The van der Waals surface area contributed by atoms with Crippen molar-refractivity contribution in [2.45, 2.75) is 62.7 Å². The highest BCUT2D eigenvalue weighted by molar-refractivity contribution is 7.99. The Bertz CT molecular complexity index is 1110. The van der Waals surface area contributed by atoms with Gasteiger partial charge >= 0.3 is 0 Å². The molecule has 9 nitrogen and oxygen atoms in total. The van der Waals surface area contributed by atoms with Crippen LogP contribution in [-0.2, 0) is 4.79 Å². The van der Waals surface area contributed by atoms with Crippen LogP contribution < -0.4 is 21.7 Å². The summed E-state index contributed by atoms with van der Waals surface area (Å²) >= 11 is 1.92. The van der Waals surface area contributed by atoms with E-state index in [0.29, 0.717) is 18.9 Å². The second-order valence-electron chi connectivity index (χ2n) is 10.0. The van der Waals surface area contributed by atoms with E-state index < -0.39 is 11.9 Å². The Morgan fingerprint density at radius 1 is 1.05 bits per heavy atom. The summed E-state index contributed by atoms with van der Waals surface area (Å²) in [6.07, 6.45) is 11.9. The van der Waals surface area contributed by atoms with Gasteiger partial charge in [-0.15, -0.1) is 0 Å². The van der Waals surface area contributed by atoms with Crippen molar-refractivity contribution in [3.05, 3.63) is 47.6 Å². The maximum Gasteiger partial charge on any atom is 0.255 e. The number of amides is 2. The molecular weight excluding hydrogens is 493 g/mol. The first-order valence-electron chi connectivity index (χ1n) is 13.0. The summed E-state index contributed by atoms with van der Waals surface area (Å²) in [5.74, 6) is 2.43. The molecule has 0 radical (unpaired) electrons. The Morgan fingerprint density at radius 3 is 2.51 bits per heavy atom. The van der Waals surface area contributed by atoms with Crippen LogP contribution in [0, 0.1) is 5.82 Å². The minimum Gasteiger partial charge on any atom is -0.367 e. The average Bonchev–Trinajstić information content (AvgIpc) is 3.35. The first kappa shape index (κ1) is 25.7. The van der Waals surface area contributed by atoms with E-state index in [1.807, 2.05) is 35.0 Å². The molecular formula is C26H34FN7O2S. The van der Waals surface area contributed by atoms with Crippen molar-refractivity contribution in [3.8, 4) is 0 Å². The van der Waals surface area contributed by atoms with Gasteiger partial charge in [-0.2, -0.15) is 11.8 Å². The molecule has 3 aliphatic heterocycles. The maximum atomic E-state index is 14.0. The van der Waals surface area contributed by atoms with E-state index in [4.69, 9.17) is 5.73 Å². The number of aliphatic imine (C=N–C) groups is 1. The van der Waals surface area contributed by atoms with Crippen molar-refractivity contribution < 1.29 is 14.0 Å². The molecule has 1 aromatic heterocycles. The highest BCUT2D eigenvalue weighted by Crippen LogP contribution is 2.24. The zero-order valence-electron chi connectivity index (χ0n) is 20.8. The van der Waals surface area contributed by atoms with Crippen LogP contribution in [0.1, 0.15) is 48.9 Å². The minimum atomic E-state index is -0.529. The molecule has 5 rings (SSSR count). The number of nitrogens with two attached hydrogens (primary N) is 1. The van der Waals surface area contributed by atoms with E-state index in [-0.39, 0.29) is 35.5 Å². The Kier molecular flexibility index (Phi) is 8.09. The van der Waals surface area contributed by atoms with Crippen LogP contribution in [0.2, 0.25) is 0 Å². The largest absolute Gasteiger partial charge is 0.367 e. The van der Waals surface area contributed by atoms with Gasteiger partial charge in [0.15, 0.2) is 0 Å². The number of anilines is 1. The Hall–Kier alpha value is -2.92. The van der Waals surface area contributed by atoms with E-state index >= 15 is 0 Å². The fourth-order valence-electron chi connectivity index (χ4n) is 5.20. The monoisotopic (exact) mass is 527 g/mol. The van der Waals surface area contributed by atoms with Crippen LogP contribution in [0.3, 0.4) is 0 Å². The Balaban J connectivity index is 1.11. The zero-order valence-corrected chi connectivity index (χ0v) is 21.6. The lowest BCUT2D eigenvalue weighted by molar-refractivity contribution is -0.123. The molecule has 11 heteroatoms. The standard InChI is InChI=1S/C26H34FN7O2S/c27-17-11-21(24(29-13-17)30-20-7-9-37-10-8-20)25(35)31-18-2-4-19(5-3-18)32-26(36)22-15-34-14-16(12-28)1-6-23(34)33-22/h1,6,11,13-14,18-20,22H,2-5,7-10,12,15,28H2,(H,29,30)(H,31,35)(H,32,36)/t18-,19+,22?. The molecule has 4 heterocycles. The second kappa shape index (κ2) is 11.6. The maximum absolute atomic E-state index is 14.0. The van der Waals surface area contributed by atoms with Crippen LogP contribution in [0.5, 0.6) is 0 Å². The number of aromatic nitrogens is 1. The van der Waals surface area contributed by atoms with Crippen molar-refractivity contribution in [1.82, 2.24) is 20.5 Å². The SMILES string of the molecule is NCC1=CN2CC(C(=O)N[C@H]3CC[C@@H](NC(=O)c4cc(F)cnc4NC4CCSCC4)CC3)N=C2C=C1. The van der Waals surface area contributed by atoms with Crippen molar-refractivity contribution in [3.63, 3.8) is 0 Å². The number of hydrogen-bond acceptors (Lipinski definition) is 8. The number of nitrogens with zero attached hydrogens (tertiary/aromatic N) is 3. The van der Waals surface area contributed by atoms with Gasteiger partial charge in [0.2, 0.25) is 5.91 Å². The summed E-state index contributed by atoms with van der Waals surface area (Å²) in [5.41, 5.74) is 6.96. The lowest BCUT2D eigenvalue weighted by atomic mass is 9.90. The molecule has 0 spiro atoms. The number of rotatable bonds is 7. The van der Waals surface area contributed by atoms with Gasteiger partial charge in [-0.1, -0.05) is 6.08 Å². The van der Waals surface area contributed by atoms with Gasteiger partial charge in [0, 0.05) is 30.9 Å². The quantitative estimate of drug-likeness (QED) is 0.428. The fraction of sp³-hybridized carbons (Fsp3) is 0.538. The third kappa shape index (κ3) is 6.32. The van der Waals surface area contributed by atoms with E-state index in [1.54, 1.807) is 0 Å². The molecule has 1 aliphatic carbocycles. The van der Waals surface area contributed by atoms with E-state index in [9.17, 15) is 14.0 Å². The van der Waals surface area contributed by atoms with Gasteiger partial charge < -0.3 is 26.6 Å². The Morgan fingerprint density at radius 2 is 1.78 bits per heavy atom. The molecule has 1 saturated heterocycles. The fourth-order valence-corrected chi connectivity index (χ4v) is 6.31. The summed E-state index contributed by atoms with van der Waals surface area (Å²) in [6.45, 7) is 0.961. The van der Waals surface area contributed by atoms with Gasteiger partial charge in [-0.05, 0) is 67.7 Å².